The minimum atomic E-state index is -0.0419. The van der Waals surface area contributed by atoms with Gasteiger partial charge in [-0.05, 0) is 140 Å². The molecular weight excluding hydrogens is 1560 g/mol. The monoisotopic (exact) mass is 1680 g/mol. The largest absolute Gasteiger partial charge is 4.00 e. The summed E-state index contributed by atoms with van der Waals surface area (Å²) in [5, 5.41) is 21.7. The zero-order valence-electron chi connectivity index (χ0n) is 67.0. The van der Waals surface area contributed by atoms with Gasteiger partial charge in [0.05, 0.1) is 10.1 Å². The van der Waals surface area contributed by atoms with Gasteiger partial charge in [0.1, 0.15) is 0 Å². The fourth-order valence-corrected chi connectivity index (χ4v) is 11.6. The molecule has 0 saturated heterocycles. The predicted octanol–water partition coefficient (Wildman–Crippen LogP) is 28.3. The summed E-state index contributed by atoms with van der Waals surface area (Å²) in [6, 6.07) is 84.9. The van der Waals surface area contributed by atoms with E-state index >= 15 is 0 Å². The van der Waals surface area contributed by atoms with E-state index in [1.807, 2.05) is 196 Å². The van der Waals surface area contributed by atoms with Crippen LogP contribution in [0.15, 0.2) is 265 Å². The average molecular weight is 1680 g/mol. The Morgan fingerprint density at radius 1 is 0.330 bits per heavy atom. The Morgan fingerprint density at radius 3 is 0.716 bits per heavy atom. The van der Waals surface area contributed by atoms with Crippen LogP contribution < -0.4 is 0 Å². The molecule has 0 bridgehead atoms. The third kappa shape index (κ3) is 50.5. The quantitative estimate of drug-likeness (QED) is 0.0223. The number of thioether (sulfide) groups is 4. The molecule has 0 N–H and O–H groups in total. The molecule has 578 valence electrons. The van der Waals surface area contributed by atoms with E-state index in [1.165, 1.54) is 65.7 Å². The summed E-state index contributed by atoms with van der Waals surface area (Å²) in [5.41, 5.74) is 21.6. The van der Waals surface area contributed by atoms with Crippen molar-refractivity contribution in [3.05, 3.63) is 407 Å². The molecule has 0 aliphatic heterocycles. The molecule has 0 aromatic heterocycles. The number of aryl methyl sites for hydroxylation is 8. The third-order valence-electron chi connectivity index (χ3n) is 15.8. The standard InChI is InChI=1S/C26H36N2S2.C24H34N4S2.6C7H7.C4H6.CH4.2Zr/c1-19-11-9-12-20(2)23(19)17-25(29-5)27-15-7-8-16-28-26(30-6)18-24-21(3)13-10-14-22(24)4;1-17-11-9-12-18(2)21(17)27-23(29-5)25-15-7-8-16-26-24(30-6)28-22-19(3)13-10-14-20(22)4;6*1-7-5-3-2-4-6-7;1-3-4-2;;;/h9-14H,7-8,15-18H2,1-6H3;9-14,23-24H,7-8,15-16H2,1-6H3;6*2-6H,1H2;1-2H3;1H4;;/q;-4;6*-1;;;;+4. The summed E-state index contributed by atoms with van der Waals surface area (Å²) in [5.74, 6) is 5.36. The number of para-hydroxylation sites is 2. The maximum atomic E-state index is 4.87. The van der Waals surface area contributed by atoms with Crippen LogP contribution in [0, 0.1) is 109 Å². The van der Waals surface area contributed by atoms with Crippen molar-refractivity contribution in [2.45, 2.75) is 126 Å². The van der Waals surface area contributed by atoms with Crippen LogP contribution in [0.1, 0.15) is 136 Å². The number of aliphatic imine (C=N–C) groups is 2. The minimum absolute atomic E-state index is 0. The maximum Gasteiger partial charge on any atom is 4.00 e. The van der Waals surface area contributed by atoms with Crippen molar-refractivity contribution in [2.24, 2.45) is 9.98 Å². The topological polar surface area (TPSA) is 81.1 Å². The molecule has 0 fully saturated rings. The Kier molecular flexibility index (Phi) is 63.7. The molecule has 2 atom stereocenters. The van der Waals surface area contributed by atoms with Crippen molar-refractivity contribution >= 4 is 68.5 Å². The van der Waals surface area contributed by atoms with E-state index in [2.05, 4.69) is 207 Å². The maximum absolute atomic E-state index is 4.87. The Hall–Kier alpha value is -6.99. The van der Waals surface area contributed by atoms with E-state index < -0.39 is 0 Å². The number of benzene rings is 10. The smallest absolute Gasteiger partial charge is 0.691 e. The zero-order chi connectivity index (χ0) is 78.0. The summed E-state index contributed by atoms with van der Waals surface area (Å²) in [7, 11) is 0. The van der Waals surface area contributed by atoms with E-state index in [9.17, 15) is 0 Å². The molecule has 6 nitrogen and oxygen atoms in total. The predicted molar refractivity (Wildman–Crippen MR) is 490 cm³/mol. The second-order valence-corrected chi connectivity index (χ2v) is 28.1. The van der Waals surface area contributed by atoms with E-state index in [0.29, 0.717) is 0 Å². The van der Waals surface area contributed by atoms with E-state index in [4.69, 9.17) is 31.3 Å². The van der Waals surface area contributed by atoms with Crippen LogP contribution in [0.3, 0.4) is 0 Å². The molecule has 0 heterocycles. The Morgan fingerprint density at radius 2 is 0.541 bits per heavy atom. The molecule has 10 aromatic rings. The van der Waals surface area contributed by atoms with Crippen molar-refractivity contribution in [1.82, 2.24) is 0 Å². The molecule has 0 saturated carbocycles. The molecular formula is C97H122N6S4Zr2-6. The number of unbranched alkanes of at least 4 members (excludes halogenated alkanes) is 2. The van der Waals surface area contributed by atoms with Gasteiger partial charge in [-0.3, -0.25) is 9.98 Å². The van der Waals surface area contributed by atoms with Crippen molar-refractivity contribution in [1.29, 1.82) is 0 Å². The molecule has 0 aliphatic rings. The first-order chi connectivity index (χ1) is 51.2. The van der Waals surface area contributed by atoms with E-state index in [-0.39, 0.29) is 70.8 Å². The zero-order valence-corrected chi connectivity index (χ0v) is 75.2. The molecule has 0 aliphatic carbocycles. The van der Waals surface area contributed by atoms with Gasteiger partial charge in [-0.2, -0.15) is 159 Å². The molecule has 12 heteroatoms. The first-order valence-electron chi connectivity index (χ1n) is 35.9. The van der Waals surface area contributed by atoms with Gasteiger partial charge in [-0.15, -0.1) is 133 Å². The Balaban J connectivity index is 0. The first kappa shape index (κ1) is 104. The van der Waals surface area contributed by atoms with Crippen molar-refractivity contribution in [2.75, 3.05) is 51.2 Å². The molecule has 10 rings (SSSR count). The van der Waals surface area contributed by atoms with Crippen LogP contribution in [0.25, 0.3) is 21.3 Å². The SMILES string of the molecule is C.CC#CC.CSC(Cc1c(C)cccc1C)=NCCCCN=C(Cc1c(C)cccc1C)SC.CSC([N-]CCCC[N-]C([N-]c1c(C)cccc1C)SC)[N-]c1c(C)cccc1C.[CH2-]c1ccccc1.[CH2-]c1ccccc1.[CH2-]c1ccccc1.[CH2-]c1ccccc1.[CH2-]c1ccccc1.[CH2-]c1ccccc1.[Zr+4].[Zr]. The summed E-state index contributed by atoms with van der Waals surface area (Å²) in [6.07, 6.45) is 14.5. The second kappa shape index (κ2) is 66.8. The Labute approximate surface area is 719 Å². The van der Waals surface area contributed by atoms with Crippen LogP contribution in [0.2, 0.25) is 0 Å². The molecule has 0 spiro atoms. The van der Waals surface area contributed by atoms with Crippen LogP contribution in [0.5, 0.6) is 0 Å². The molecule has 2 unspecified atom stereocenters. The third-order valence-corrected chi connectivity index (χ3v) is 18.6. The fraction of sp³-hybridized carbons (Fsp3) is 0.278. The summed E-state index contributed by atoms with van der Waals surface area (Å²) < 4.78 is 0. The van der Waals surface area contributed by atoms with Crippen molar-refractivity contribution < 1.29 is 52.4 Å². The van der Waals surface area contributed by atoms with Gasteiger partial charge in [0, 0.05) is 52.1 Å². The number of hydrogen-bond acceptors (Lipinski definition) is 6. The van der Waals surface area contributed by atoms with Crippen LogP contribution in [-0.4, -0.2) is 72.3 Å². The van der Waals surface area contributed by atoms with Gasteiger partial charge in [0.2, 0.25) is 0 Å². The molecule has 109 heavy (non-hydrogen) atoms. The molecule has 10 aromatic carbocycles. The average Bonchev–Trinajstić information content (AvgIpc) is 0.882. The van der Waals surface area contributed by atoms with E-state index in [1.54, 1.807) is 47.0 Å². The second-order valence-electron chi connectivity index (χ2n) is 24.6. The van der Waals surface area contributed by atoms with Gasteiger partial charge < -0.3 is 21.3 Å². The van der Waals surface area contributed by atoms with Gasteiger partial charge in [0.25, 0.3) is 0 Å². The van der Waals surface area contributed by atoms with Crippen LogP contribution in [-0.2, 0) is 65.2 Å². The van der Waals surface area contributed by atoms with Gasteiger partial charge in [0.15, 0.2) is 0 Å². The normalized spacial score (nSPS) is 10.5. The number of rotatable bonds is 22. The van der Waals surface area contributed by atoms with Gasteiger partial charge in [-0.25, -0.2) is 23.5 Å². The van der Waals surface area contributed by atoms with Crippen molar-refractivity contribution in [3.63, 3.8) is 0 Å². The van der Waals surface area contributed by atoms with Crippen LogP contribution in [0.4, 0.5) is 11.4 Å². The summed E-state index contributed by atoms with van der Waals surface area (Å²) in [6.45, 7) is 46.6. The van der Waals surface area contributed by atoms with Gasteiger partial charge >= 0.3 is 26.2 Å². The molecule has 0 radical (unpaired) electrons. The number of nitrogens with zero attached hydrogens (tertiary/aromatic N) is 6. The summed E-state index contributed by atoms with van der Waals surface area (Å²) in [4.78, 5) is 9.75. The first-order valence-corrected chi connectivity index (χ1v) is 41.0. The molecule has 0 amide bonds. The van der Waals surface area contributed by atoms with Crippen molar-refractivity contribution in [3.8, 4) is 11.8 Å². The number of hydrogen-bond donors (Lipinski definition) is 0. The van der Waals surface area contributed by atoms with E-state index in [0.717, 1.165) is 109 Å². The van der Waals surface area contributed by atoms with Gasteiger partial charge in [-0.1, -0.05) is 152 Å². The minimum Gasteiger partial charge on any atom is -0.691 e. The Bertz CT molecular complexity index is 3470. The fourth-order valence-electron chi connectivity index (χ4n) is 9.65. The summed E-state index contributed by atoms with van der Waals surface area (Å²) >= 11 is 6.92. The van der Waals surface area contributed by atoms with Crippen LogP contribution >= 0.6 is 47.0 Å².